The van der Waals surface area contributed by atoms with Crippen LogP contribution in [0.15, 0.2) is 18.2 Å². The van der Waals surface area contributed by atoms with Gasteiger partial charge in [0.2, 0.25) is 0 Å². The van der Waals surface area contributed by atoms with Gasteiger partial charge < -0.3 is 4.57 Å². The van der Waals surface area contributed by atoms with Crippen molar-refractivity contribution in [2.24, 2.45) is 0 Å². The molecule has 0 aliphatic carbocycles. The summed E-state index contributed by atoms with van der Waals surface area (Å²) in [5.41, 5.74) is 1.31. The highest BCUT2D eigenvalue weighted by atomic mass is 35.5. The molecular weight excluding hydrogens is 271 g/mol. The molecule has 5 heteroatoms. The second-order valence-electron chi connectivity index (χ2n) is 4.58. The maximum absolute atomic E-state index is 14.1. The molecule has 0 radical (unpaired) electrons. The SMILES string of the molecule is CC(Cl)c1nc2cccc(F)c2n1C1CCSC1. The van der Waals surface area contributed by atoms with Crippen molar-refractivity contribution in [3.05, 3.63) is 29.8 Å². The molecule has 0 amide bonds. The predicted molar refractivity (Wildman–Crippen MR) is 74.9 cm³/mol. The van der Waals surface area contributed by atoms with E-state index in [9.17, 15) is 4.39 Å². The maximum Gasteiger partial charge on any atom is 0.149 e. The van der Waals surface area contributed by atoms with Crippen molar-refractivity contribution in [1.29, 1.82) is 0 Å². The molecule has 1 aromatic carbocycles. The third kappa shape index (κ3) is 1.91. The number of rotatable bonds is 2. The van der Waals surface area contributed by atoms with Crippen LogP contribution in [-0.2, 0) is 0 Å². The fourth-order valence-corrected chi connectivity index (χ4v) is 3.85. The van der Waals surface area contributed by atoms with Crippen LogP contribution in [-0.4, -0.2) is 21.1 Å². The van der Waals surface area contributed by atoms with Gasteiger partial charge in [-0.15, -0.1) is 11.6 Å². The van der Waals surface area contributed by atoms with Crippen molar-refractivity contribution < 1.29 is 4.39 Å². The molecule has 1 fully saturated rings. The summed E-state index contributed by atoms with van der Waals surface area (Å²) in [6.07, 6.45) is 1.06. The largest absolute Gasteiger partial charge is 0.320 e. The Kier molecular flexibility index (Phi) is 3.24. The van der Waals surface area contributed by atoms with E-state index in [4.69, 9.17) is 11.6 Å². The van der Waals surface area contributed by atoms with E-state index in [0.29, 0.717) is 17.1 Å². The summed E-state index contributed by atoms with van der Waals surface area (Å²) in [6, 6.07) is 5.35. The van der Waals surface area contributed by atoms with Gasteiger partial charge in [0.25, 0.3) is 0 Å². The van der Waals surface area contributed by atoms with E-state index in [2.05, 4.69) is 4.98 Å². The van der Waals surface area contributed by atoms with Gasteiger partial charge in [-0.2, -0.15) is 11.8 Å². The lowest BCUT2D eigenvalue weighted by Crippen LogP contribution is -2.12. The minimum atomic E-state index is -0.208. The fraction of sp³-hybridized carbons (Fsp3) is 0.462. The Bertz CT molecular complexity index is 576. The zero-order chi connectivity index (χ0) is 12.7. The third-order valence-electron chi connectivity index (χ3n) is 3.31. The van der Waals surface area contributed by atoms with Crippen LogP contribution < -0.4 is 0 Å². The number of halogens is 2. The first-order valence-corrected chi connectivity index (χ1v) is 7.65. The van der Waals surface area contributed by atoms with Crippen molar-refractivity contribution in [3.63, 3.8) is 0 Å². The lowest BCUT2D eigenvalue weighted by molar-refractivity contribution is 0.536. The quantitative estimate of drug-likeness (QED) is 0.771. The van der Waals surface area contributed by atoms with Gasteiger partial charge >= 0.3 is 0 Å². The number of para-hydroxylation sites is 1. The highest BCUT2D eigenvalue weighted by molar-refractivity contribution is 7.99. The minimum Gasteiger partial charge on any atom is -0.320 e. The standard InChI is InChI=1S/C13H14ClFN2S/c1-8(14)13-16-11-4-2-3-10(15)12(11)17(13)9-5-6-18-7-9/h2-4,8-9H,5-7H2,1H3. The second kappa shape index (κ2) is 4.74. The van der Waals surface area contributed by atoms with Crippen molar-refractivity contribution in [1.82, 2.24) is 9.55 Å². The molecule has 0 saturated carbocycles. The predicted octanol–water partition coefficient (Wildman–Crippen LogP) is 4.15. The summed E-state index contributed by atoms with van der Waals surface area (Å²) in [5.74, 6) is 2.70. The van der Waals surface area contributed by atoms with Crippen LogP contribution in [0.3, 0.4) is 0 Å². The molecule has 2 unspecified atom stereocenters. The van der Waals surface area contributed by atoms with Gasteiger partial charge in [-0.25, -0.2) is 9.37 Å². The van der Waals surface area contributed by atoms with Crippen LogP contribution in [0.4, 0.5) is 4.39 Å². The van der Waals surface area contributed by atoms with E-state index in [-0.39, 0.29) is 11.2 Å². The molecule has 96 valence electrons. The summed E-state index contributed by atoms with van der Waals surface area (Å²) < 4.78 is 16.1. The topological polar surface area (TPSA) is 17.8 Å². The Balaban J connectivity index is 2.26. The highest BCUT2D eigenvalue weighted by Crippen LogP contribution is 2.35. The molecule has 0 spiro atoms. The molecule has 2 heterocycles. The first kappa shape index (κ1) is 12.3. The van der Waals surface area contributed by atoms with Crippen LogP contribution in [0.5, 0.6) is 0 Å². The van der Waals surface area contributed by atoms with Crippen LogP contribution in [0, 0.1) is 5.82 Å². The third-order valence-corrected chi connectivity index (χ3v) is 4.65. The normalized spacial score (nSPS) is 21.6. The zero-order valence-electron chi connectivity index (χ0n) is 10.1. The van der Waals surface area contributed by atoms with E-state index < -0.39 is 0 Å². The first-order chi connectivity index (χ1) is 8.68. The Hall–Kier alpha value is -0.740. The number of hydrogen-bond acceptors (Lipinski definition) is 2. The van der Waals surface area contributed by atoms with Crippen LogP contribution in [0.25, 0.3) is 11.0 Å². The summed E-state index contributed by atoms with van der Waals surface area (Å²) in [7, 11) is 0. The number of benzene rings is 1. The first-order valence-electron chi connectivity index (χ1n) is 6.06. The van der Waals surface area contributed by atoms with Crippen LogP contribution in [0.1, 0.15) is 30.6 Å². The fourth-order valence-electron chi connectivity index (χ4n) is 2.50. The van der Waals surface area contributed by atoms with E-state index in [1.165, 1.54) is 6.07 Å². The summed E-state index contributed by atoms with van der Waals surface area (Å²) in [5, 5.41) is -0.206. The van der Waals surface area contributed by atoms with E-state index in [1.54, 1.807) is 6.07 Å². The Morgan fingerprint density at radius 2 is 2.39 bits per heavy atom. The molecule has 0 N–H and O–H groups in total. The van der Waals surface area contributed by atoms with Crippen molar-refractivity contribution in [3.8, 4) is 0 Å². The van der Waals surface area contributed by atoms with Gasteiger partial charge in [-0.3, -0.25) is 0 Å². The van der Waals surface area contributed by atoms with Gasteiger partial charge in [0, 0.05) is 11.8 Å². The number of alkyl halides is 1. The van der Waals surface area contributed by atoms with Crippen molar-refractivity contribution in [2.45, 2.75) is 24.8 Å². The average Bonchev–Trinajstić information content (AvgIpc) is 2.95. The van der Waals surface area contributed by atoms with Crippen LogP contribution in [0.2, 0.25) is 0 Å². The van der Waals surface area contributed by atoms with Crippen molar-refractivity contribution in [2.75, 3.05) is 11.5 Å². The maximum atomic E-state index is 14.1. The molecule has 1 aliphatic rings. The Morgan fingerprint density at radius 3 is 3.06 bits per heavy atom. The molecule has 1 aliphatic heterocycles. The monoisotopic (exact) mass is 284 g/mol. The zero-order valence-corrected chi connectivity index (χ0v) is 11.6. The lowest BCUT2D eigenvalue weighted by Gasteiger charge is -2.17. The molecule has 18 heavy (non-hydrogen) atoms. The minimum absolute atomic E-state index is 0.206. The molecular formula is C13H14ClFN2S. The number of fused-ring (bicyclic) bond motifs is 1. The molecule has 1 aromatic heterocycles. The van der Waals surface area contributed by atoms with Crippen molar-refractivity contribution >= 4 is 34.4 Å². The molecule has 2 atom stereocenters. The number of nitrogens with zero attached hydrogens (tertiary/aromatic N) is 2. The molecule has 2 nitrogen and oxygen atoms in total. The highest BCUT2D eigenvalue weighted by Gasteiger charge is 2.26. The average molecular weight is 285 g/mol. The van der Waals surface area contributed by atoms with Gasteiger partial charge in [0.15, 0.2) is 0 Å². The summed E-state index contributed by atoms with van der Waals surface area (Å²) in [6.45, 7) is 1.89. The molecule has 1 saturated heterocycles. The van der Waals surface area contributed by atoms with Gasteiger partial charge in [-0.1, -0.05) is 6.07 Å². The van der Waals surface area contributed by atoms with Gasteiger partial charge in [0.05, 0.1) is 10.9 Å². The van der Waals surface area contributed by atoms with E-state index in [1.807, 2.05) is 29.3 Å². The lowest BCUT2D eigenvalue weighted by atomic mass is 10.2. The van der Waals surface area contributed by atoms with Gasteiger partial charge in [-0.05, 0) is 31.2 Å². The second-order valence-corrected chi connectivity index (χ2v) is 6.39. The molecule has 3 rings (SSSR count). The summed E-state index contributed by atoms with van der Waals surface area (Å²) in [4.78, 5) is 4.50. The number of hydrogen-bond donors (Lipinski definition) is 0. The van der Waals surface area contributed by atoms with E-state index in [0.717, 1.165) is 23.8 Å². The van der Waals surface area contributed by atoms with Gasteiger partial charge in [0.1, 0.15) is 17.2 Å². The van der Waals surface area contributed by atoms with E-state index >= 15 is 0 Å². The number of aromatic nitrogens is 2. The Labute approximate surface area is 115 Å². The number of imidazole rings is 1. The number of thioether (sulfide) groups is 1. The Morgan fingerprint density at radius 1 is 1.56 bits per heavy atom. The molecule has 0 bridgehead atoms. The molecule has 2 aromatic rings. The summed E-state index contributed by atoms with van der Waals surface area (Å²) >= 11 is 8.10. The van der Waals surface area contributed by atoms with Crippen LogP contribution >= 0.6 is 23.4 Å². The smallest absolute Gasteiger partial charge is 0.149 e.